The zero-order chi connectivity index (χ0) is 13.2. The number of hydrogen-bond acceptors (Lipinski definition) is 2. The van der Waals surface area contributed by atoms with Gasteiger partial charge in [-0.25, -0.2) is 4.68 Å². The Labute approximate surface area is 122 Å². The predicted molar refractivity (Wildman–Crippen MR) is 80.6 cm³/mol. The van der Waals surface area contributed by atoms with Gasteiger partial charge in [0.1, 0.15) is 0 Å². The van der Waals surface area contributed by atoms with Gasteiger partial charge in [-0.05, 0) is 44.0 Å². The second-order valence-corrected chi connectivity index (χ2v) is 5.86. The minimum atomic E-state index is 0.467. The third kappa shape index (κ3) is 2.47. The predicted octanol–water partition coefficient (Wildman–Crippen LogP) is 3.62. The summed E-state index contributed by atoms with van der Waals surface area (Å²) in [5, 5.41) is 8.15. The third-order valence-corrected chi connectivity index (χ3v) is 4.18. The van der Waals surface area contributed by atoms with Gasteiger partial charge in [-0.3, -0.25) is 0 Å². The Hall–Kier alpha value is -1.13. The van der Waals surface area contributed by atoms with Crippen molar-refractivity contribution in [2.75, 3.05) is 6.54 Å². The molecule has 0 fully saturated rings. The number of nitrogens with zero attached hydrogens (tertiary/aromatic N) is 2. The molecule has 3 rings (SSSR count). The number of aromatic nitrogens is 2. The maximum atomic E-state index is 4.60. The van der Waals surface area contributed by atoms with Crippen LogP contribution in [0.1, 0.15) is 37.1 Å². The van der Waals surface area contributed by atoms with Crippen LogP contribution in [0.15, 0.2) is 34.9 Å². The minimum absolute atomic E-state index is 0.467. The van der Waals surface area contributed by atoms with Crippen LogP contribution in [0, 0.1) is 0 Å². The molecule has 0 aliphatic heterocycles. The smallest absolute Gasteiger partial charge is 0.0660 e. The zero-order valence-corrected chi connectivity index (χ0v) is 12.7. The Morgan fingerprint density at radius 3 is 3.16 bits per heavy atom. The monoisotopic (exact) mass is 319 g/mol. The van der Waals surface area contributed by atoms with Crippen molar-refractivity contribution in [1.82, 2.24) is 15.1 Å². The molecule has 0 bridgehead atoms. The molecule has 3 nitrogen and oxygen atoms in total. The number of nitrogens with one attached hydrogen (secondary N) is 1. The molecular weight excluding hydrogens is 302 g/mol. The second-order valence-electron chi connectivity index (χ2n) is 4.94. The molecule has 1 N–H and O–H groups in total. The van der Waals surface area contributed by atoms with Crippen LogP contribution in [0.5, 0.6) is 0 Å². The first kappa shape index (κ1) is 12.9. The average molecular weight is 320 g/mol. The number of hydrogen-bond donors (Lipinski definition) is 1. The fourth-order valence-electron chi connectivity index (χ4n) is 2.85. The van der Waals surface area contributed by atoms with Crippen LogP contribution in [0.25, 0.3) is 5.69 Å². The Bertz CT molecular complexity index is 577. The van der Waals surface area contributed by atoms with E-state index < -0.39 is 0 Å². The lowest BCUT2D eigenvalue weighted by Gasteiger charge is -2.23. The van der Waals surface area contributed by atoms with Gasteiger partial charge in [-0.2, -0.15) is 5.10 Å². The highest BCUT2D eigenvalue weighted by Gasteiger charge is 2.23. The molecule has 1 heterocycles. The average Bonchev–Trinajstić information content (AvgIpc) is 2.84. The highest BCUT2D eigenvalue weighted by atomic mass is 79.9. The molecule has 0 radical (unpaired) electrons. The summed E-state index contributed by atoms with van der Waals surface area (Å²) in [5.74, 6) is 0. The first-order valence-electron chi connectivity index (χ1n) is 6.85. The van der Waals surface area contributed by atoms with Crippen molar-refractivity contribution in [2.45, 2.75) is 32.2 Å². The van der Waals surface area contributed by atoms with Crippen molar-refractivity contribution in [1.29, 1.82) is 0 Å². The SMILES string of the molecule is CCNC1CCCc2c1cnn2-c1cccc(Br)c1. The summed E-state index contributed by atoms with van der Waals surface area (Å²) in [7, 11) is 0. The van der Waals surface area contributed by atoms with E-state index in [0.717, 1.165) is 23.1 Å². The topological polar surface area (TPSA) is 29.9 Å². The Balaban J connectivity index is 2.01. The largest absolute Gasteiger partial charge is 0.310 e. The lowest BCUT2D eigenvalue weighted by Crippen LogP contribution is -2.24. The lowest BCUT2D eigenvalue weighted by molar-refractivity contribution is 0.467. The molecule has 0 amide bonds. The van der Waals surface area contributed by atoms with E-state index in [1.807, 2.05) is 12.3 Å². The maximum absolute atomic E-state index is 4.60. The van der Waals surface area contributed by atoms with Gasteiger partial charge in [-0.1, -0.05) is 28.9 Å². The Kier molecular flexibility index (Phi) is 3.71. The normalized spacial score (nSPS) is 18.3. The van der Waals surface area contributed by atoms with Gasteiger partial charge in [0.05, 0.1) is 11.9 Å². The second kappa shape index (κ2) is 5.47. The molecule has 0 spiro atoms. The minimum Gasteiger partial charge on any atom is -0.310 e. The van der Waals surface area contributed by atoms with Crippen molar-refractivity contribution in [3.63, 3.8) is 0 Å². The van der Waals surface area contributed by atoms with Gasteiger partial charge < -0.3 is 5.32 Å². The molecule has 1 aromatic heterocycles. The number of halogens is 1. The van der Waals surface area contributed by atoms with Gasteiger partial charge in [0.25, 0.3) is 0 Å². The van der Waals surface area contributed by atoms with Crippen molar-refractivity contribution in [3.8, 4) is 5.69 Å². The molecule has 4 heteroatoms. The van der Waals surface area contributed by atoms with Gasteiger partial charge in [0.2, 0.25) is 0 Å². The first-order chi connectivity index (χ1) is 9.29. The molecule has 1 aromatic carbocycles. The fraction of sp³-hybridized carbons (Fsp3) is 0.400. The summed E-state index contributed by atoms with van der Waals surface area (Å²) in [6.07, 6.45) is 5.59. The van der Waals surface area contributed by atoms with Crippen molar-refractivity contribution < 1.29 is 0 Å². The third-order valence-electron chi connectivity index (χ3n) is 3.69. The number of rotatable bonds is 3. The molecule has 0 saturated carbocycles. The van der Waals surface area contributed by atoms with Crippen molar-refractivity contribution >= 4 is 15.9 Å². The van der Waals surface area contributed by atoms with Gasteiger partial charge in [0.15, 0.2) is 0 Å². The highest BCUT2D eigenvalue weighted by Crippen LogP contribution is 2.31. The van der Waals surface area contributed by atoms with E-state index in [4.69, 9.17) is 0 Å². The standard InChI is InChI=1S/C15H18BrN3/c1-2-17-14-7-4-8-15-13(14)10-18-19(15)12-6-3-5-11(16)9-12/h3,5-6,9-10,14,17H,2,4,7-8H2,1H3. The molecule has 1 aliphatic carbocycles. The maximum Gasteiger partial charge on any atom is 0.0660 e. The molecular formula is C15H18BrN3. The Morgan fingerprint density at radius 2 is 2.37 bits per heavy atom. The van der Waals surface area contributed by atoms with Crippen LogP contribution < -0.4 is 5.32 Å². The quantitative estimate of drug-likeness (QED) is 0.936. The zero-order valence-electron chi connectivity index (χ0n) is 11.1. The Morgan fingerprint density at radius 1 is 1.47 bits per heavy atom. The highest BCUT2D eigenvalue weighted by molar-refractivity contribution is 9.10. The summed E-state index contributed by atoms with van der Waals surface area (Å²) in [4.78, 5) is 0. The fourth-order valence-corrected chi connectivity index (χ4v) is 3.23. The van der Waals surface area contributed by atoms with E-state index in [9.17, 15) is 0 Å². The van der Waals surface area contributed by atoms with Crippen LogP contribution in [-0.2, 0) is 6.42 Å². The van der Waals surface area contributed by atoms with Gasteiger partial charge in [-0.15, -0.1) is 0 Å². The molecule has 1 unspecified atom stereocenters. The van der Waals surface area contributed by atoms with E-state index in [2.05, 4.69) is 56.2 Å². The number of benzene rings is 1. The van der Waals surface area contributed by atoms with Crippen LogP contribution in [0.4, 0.5) is 0 Å². The van der Waals surface area contributed by atoms with Crippen molar-refractivity contribution in [2.24, 2.45) is 0 Å². The van der Waals surface area contributed by atoms with Gasteiger partial charge in [0, 0.05) is 21.8 Å². The van der Waals surface area contributed by atoms with E-state index in [-0.39, 0.29) is 0 Å². The molecule has 100 valence electrons. The van der Waals surface area contributed by atoms with E-state index in [1.54, 1.807) is 0 Å². The van der Waals surface area contributed by atoms with Crippen LogP contribution in [0.2, 0.25) is 0 Å². The summed E-state index contributed by atoms with van der Waals surface area (Å²) >= 11 is 3.53. The van der Waals surface area contributed by atoms with Crippen LogP contribution >= 0.6 is 15.9 Å². The molecule has 19 heavy (non-hydrogen) atoms. The molecule has 0 saturated heterocycles. The lowest BCUT2D eigenvalue weighted by atomic mass is 9.93. The van der Waals surface area contributed by atoms with Crippen LogP contribution in [0.3, 0.4) is 0 Å². The molecule has 1 aliphatic rings. The summed E-state index contributed by atoms with van der Waals surface area (Å²) in [5.41, 5.74) is 3.86. The summed E-state index contributed by atoms with van der Waals surface area (Å²) < 4.78 is 3.18. The van der Waals surface area contributed by atoms with Crippen molar-refractivity contribution in [3.05, 3.63) is 46.2 Å². The number of fused-ring (bicyclic) bond motifs is 1. The van der Waals surface area contributed by atoms with E-state index in [0.29, 0.717) is 6.04 Å². The molecule has 1 atom stereocenters. The van der Waals surface area contributed by atoms with Gasteiger partial charge >= 0.3 is 0 Å². The summed E-state index contributed by atoms with van der Waals surface area (Å²) in [6, 6.07) is 8.78. The van der Waals surface area contributed by atoms with E-state index in [1.165, 1.54) is 24.1 Å². The first-order valence-corrected chi connectivity index (χ1v) is 7.65. The van der Waals surface area contributed by atoms with E-state index >= 15 is 0 Å². The van der Waals surface area contributed by atoms with Crippen LogP contribution in [-0.4, -0.2) is 16.3 Å². The molecule has 2 aromatic rings. The summed E-state index contributed by atoms with van der Waals surface area (Å²) in [6.45, 7) is 3.17.